The summed E-state index contributed by atoms with van der Waals surface area (Å²) in [7, 11) is 0. The molecule has 1 aromatic rings. The highest BCUT2D eigenvalue weighted by Gasteiger charge is 2.53. The minimum absolute atomic E-state index is 0.0621. The molecule has 0 bridgehead atoms. The average Bonchev–Trinajstić information content (AvgIpc) is 3.02. The van der Waals surface area contributed by atoms with Gasteiger partial charge in [-0.1, -0.05) is 31.6 Å². The van der Waals surface area contributed by atoms with Gasteiger partial charge in [0.05, 0.1) is 5.41 Å². The van der Waals surface area contributed by atoms with Crippen LogP contribution in [0.4, 0.5) is 4.39 Å². The van der Waals surface area contributed by atoms with Crippen molar-refractivity contribution in [3.05, 3.63) is 47.8 Å². The third-order valence-corrected chi connectivity index (χ3v) is 5.51. The monoisotopic (exact) mass is 373 g/mol. The molecule has 1 saturated heterocycles. The summed E-state index contributed by atoms with van der Waals surface area (Å²) < 4.78 is 14.3. The van der Waals surface area contributed by atoms with Gasteiger partial charge in [0.25, 0.3) is 0 Å². The maximum atomic E-state index is 14.3. The fourth-order valence-corrected chi connectivity index (χ4v) is 4.00. The van der Waals surface area contributed by atoms with Gasteiger partial charge in [0.2, 0.25) is 17.7 Å². The van der Waals surface area contributed by atoms with E-state index in [0.29, 0.717) is 17.5 Å². The Balaban J connectivity index is 1.62. The third kappa shape index (κ3) is 4.02. The van der Waals surface area contributed by atoms with E-state index in [1.165, 1.54) is 6.07 Å². The number of halogens is 1. The molecule has 3 amide bonds. The van der Waals surface area contributed by atoms with Gasteiger partial charge < -0.3 is 16.0 Å². The number of benzene rings is 1. The van der Waals surface area contributed by atoms with Crippen LogP contribution < -0.4 is 16.0 Å². The number of carbonyl (C=O) groups is 3. The number of amides is 3. The van der Waals surface area contributed by atoms with Crippen LogP contribution in [-0.4, -0.2) is 23.8 Å². The van der Waals surface area contributed by atoms with Crippen LogP contribution in [-0.2, 0) is 27.5 Å². The zero-order valence-electron chi connectivity index (χ0n) is 15.1. The van der Waals surface area contributed by atoms with E-state index in [2.05, 4.69) is 22.5 Å². The highest BCUT2D eigenvalue weighted by atomic mass is 19.1. The van der Waals surface area contributed by atoms with Crippen molar-refractivity contribution < 1.29 is 18.8 Å². The van der Waals surface area contributed by atoms with Crippen LogP contribution in [0, 0.1) is 11.2 Å². The first-order valence-corrected chi connectivity index (χ1v) is 9.20. The number of carbonyl (C=O) groups excluding carboxylic acids is 3. The Morgan fingerprint density at radius 1 is 1.30 bits per heavy atom. The molecule has 3 N–H and O–H groups in total. The summed E-state index contributed by atoms with van der Waals surface area (Å²) in [6, 6.07) is 4.52. The van der Waals surface area contributed by atoms with Crippen LogP contribution in [0.5, 0.6) is 0 Å². The molecule has 144 valence electrons. The summed E-state index contributed by atoms with van der Waals surface area (Å²) in [4.78, 5) is 35.8. The van der Waals surface area contributed by atoms with E-state index >= 15 is 0 Å². The molecule has 7 heteroatoms. The summed E-state index contributed by atoms with van der Waals surface area (Å²) in [5.41, 5.74) is 0.276. The standard InChI is InChI=1S/C20H24FN3O3/c1-2-17(25)22-11-13-6-7-14(15(21)9-13)12-23-19(27)20-8-4-3-5-16(20)24-18(26)10-20/h2,6-7,9,16H,1,3-5,8,10-12H2,(H,22,25)(H,23,27)(H,24,26)/t16-,20+/m0/s1. The van der Waals surface area contributed by atoms with Crippen LogP contribution in [0.25, 0.3) is 0 Å². The van der Waals surface area contributed by atoms with Gasteiger partial charge in [-0.2, -0.15) is 0 Å². The van der Waals surface area contributed by atoms with E-state index in [-0.39, 0.29) is 43.3 Å². The van der Waals surface area contributed by atoms with Crippen molar-refractivity contribution in [2.75, 3.05) is 0 Å². The Labute approximate surface area is 157 Å². The fraction of sp³-hybridized carbons (Fsp3) is 0.450. The Kier molecular flexibility index (Phi) is 5.58. The van der Waals surface area contributed by atoms with E-state index < -0.39 is 11.2 Å². The lowest BCUT2D eigenvalue weighted by Crippen LogP contribution is -2.50. The van der Waals surface area contributed by atoms with Crippen molar-refractivity contribution in [3.8, 4) is 0 Å². The predicted molar refractivity (Wildman–Crippen MR) is 97.7 cm³/mol. The van der Waals surface area contributed by atoms with E-state index in [1.807, 2.05) is 0 Å². The molecule has 2 fully saturated rings. The summed E-state index contributed by atoms with van der Waals surface area (Å²) >= 11 is 0. The first kappa shape index (κ1) is 19.1. The fourth-order valence-electron chi connectivity index (χ4n) is 4.00. The minimum atomic E-state index is -0.708. The Hall–Kier alpha value is -2.70. The van der Waals surface area contributed by atoms with Gasteiger partial charge in [0.15, 0.2) is 0 Å². The summed E-state index contributed by atoms with van der Waals surface area (Å²) in [5.74, 6) is -1.05. The van der Waals surface area contributed by atoms with Gasteiger partial charge in [-0.05, 0) is 30.5 Å². The van der Waals surface area contributed by atoms with Gasteiger partial charge in [-0.3, -0.25) is 14.4 Å². The lowest BCUT2D eigenvalue weighted by molar-refractivity contribution is -0.134. The normalized spacial score (nSPS) is 23.9. The third-order valence-electron chi connectivity index (χ3n) is 5.51. The van der Waals surface area contributed by atoms with Crippen LogP contribution in [0.2, 0.25) is 0 Å². The average molecular weight is 373 g/mol. The SMILES string of the molecule is C=CC(=O)NCc1ccc(CNC(=O)[C@@]23CCCC[C@@H]2NC(=O)C3)c(F)c1. The summed E-state index contributed by atoms with van der Waals surface area (Å²) in [5, 5.41) is 8.31. The predicted octanol–water partition coefficient (Wildman–Crippen LogP) is 1.69. The molecule has 2 atom stereocenters. The largest absolute Gasteiger partial charge is 0.352 e. The summed E-state index contributed by atoms with van der Waals surface area (Å²) in [6.45, 7) is 3.62. The first-order chi connectivity index (χ1) is 12.9. The number of rotatable bonds is 6. The Bertz CT molecular complexity index is 780. The maximum absolute atomic E-state index is 14.3. The number of nitrogens with one attached hydrogen (secondary N) is 3. The molecule has 1 heterocycles. The topological polar surface area (TPSA) is 87.3 Å². The van der Waals surface area contributed by atoms with Crippen molar-refractivity contribution in [1.29, 1.82) is 0 Å². The van der Waals surface area contributed by atoms with Crippen molar-refractivity contribution in [1.82, 2.24) is 16.0 Å². The Morgan fingerprint density at radius 2 is 2.11 bits per heavy atom. The smallest absolute Gasteiger partial charge is 0.243 e. The first-order valence-electron chi connectivity index (χ1n) is 9.20. The highest BCUT2D eigenvalue weighted by Crippen LogP contribution is 2.43. The van der Waals surface area contributed by atoms with E-state index in [1.54, 1.807) is 12.1 Å². The molecule has 2 aliphatic rings. The zero-order chi connectivity index (χ0) is 19.4. The van der Waals surface area contributed by atoms with Crippen LogP contribution >= 0.6 is 0 Å². The second kappa shape index (κ2) is 7.90. The second-order valence-electron chi connectivity index (χ2n) is 7.23. The summed E-state index contributed by atoms with van der Waals surface area (Å²) in [6.07, 6.45) is 4.75. The van der Waals surface area contributed by atoms with Crippen molar-refractivity contribution in [2.24, 2.45) is 5.41 Å². The van der Waals surface area contributed by atoms with Gasteiger partial charge in [0.1, 0.15) is 5.82 Å². The van der Waals surface area contributed by atoms with Crippen LogP contribution in [0.15, 0.2) is 30.9 Å². The zero-order valence-corrected chi connectivity index (χ0v) is 15.1. The second-order valence-corrected chi connectivity index (χ2v) is 7.23. The molecule has 0 unspecified atom stereocenters. The molecule has 27 heavy (non-hydrogen) atoms. The molecule has 1 saturated carbocycles. The lowest BCUT2D eigenvalue weighted by atomic mass is 9.70. The van der Waals surface area contributed by atoms with Gasteiger partial charge in [0, 0.05) is 31.1 Å². The lowest BCUT2D eigenvalue weighted by Gasteiger charge is -2.36. The van der Waals surface area contributed by atoms with E-state index in [0.717, 1.165) is 25.3 Å². The highest BCUT2D eigenvalue weighted by molar-refractivity contribution is 5.93. The molecule has 0 aromatic heterocycles. The number of hydrogen-bond acceptors (Lipinski definition) is 3. The molecular formula is C20H24FN3O3. The molecule has 1 aromatic carbocycles. The molecule has 0 radical (unpaired) electrons. The van der Waals surface area contributed by atoms with Crippen LogP contribution in [0.3, 0.4) is 0 Å². The van der Waals surface area contributed by atoms with Crippen molar-refractivity contribution >= 4 is 17.7 Å². The van der Waals surface area contributed by atoms with Crippen molar-refractivity contribution in [2.45, 2.75) is 51.2 Å². The maximum Gasteiger partial charge on any atom is 0.243 e. The van der Waals surface area contributed by atoms with Crippen LogP contribution in [0.1, 0.15) is 43.2 Å². The molecule has 0 spiro atoms. The molecule has 3 rings (SSSR count). The molecule has 1 aliphatic carbocycles. The molecular weight excluding hydrogens is 349 g/mol. The van der Waals surface area contributed by atoms with Gasteiger partial charge in [-0.25, -0.2) is 4.39 Å². The van der Waals surface area contributed by atoms with Gasteiger partial charge >= 0.3 is 0 Å². The number of fused-ring (bicyclic) bond motifs is 1. The molecule has 1 aliphatic heterocycles. The van der Waals surface area contributed by atoms with E-state index in [9.17, 15) is 18.8 Å². The van der Waals surface area contributed by atoms with Crippen molar-refractivity contribution in [3.63, 3.8) is 0 Å². The Morgan fingerprint density at radius 3 is 2.85 bits per heavy atom. The molecule has 6 nitrogen and oxygen atoms in total. The van der Waals surface area contributed by atoms with E-state index in [4.69, 9.17) is 0 Å². The number of hydrogen-bond donors (Lipinski definition) is 3. The quantitative estimate of drug-likeness (QED) is 0.663. The minimum Gasteiger partial charge on any atom is -0.352 e. The van der Waals surface area contributed by atoms with Gasteiger partial charge in [-0.15, -0.1) is 0 Å².